The summed E-state index contributed by atoms with van der Waals surface area (Å²) in [7, 11) is 1.58. The summed E-state index contributed by atoms with van der Waals surface area (Å²) in [6.07, 6.45) is 0. The predicted octanol–water partition coefficient (Wildman–Crippen LogP) is 3.26. The third-order valence-corrected chi connectivity index (χ3v) is 6.03. The number of hydrogen-bond donors (Lipinski definition) is 1. The van der Waals surface area contributed by atoms with E-state index in [0.717, 1.165) is 11.1 Å². The van der Waals surface area contributed by atoms with Gasteiger partial charge in [-0.15, -0.1) is 16.4 Å². The highest BCUT2D eigenvalue weighted by Crippen LogP contribution is 2.29. The van der Waals surface area contributed by atoms with Crippen molar-refractivity contribution in [3.8, 4) is 11.4 Å². The second-order valence-electron chi connectivity index (χ2n) is 6.23. The Kier molecular flexibility index (Phi) is 7.06. The zero-order chi connectivity index (χ0) is 21.7. The smallest absolute Gasteiger partial charge is 0.348 e. The van der Waals surface area contributed by atoms with Crippen LogP contribution in [0.4, 0.5) is 5.00 Å². The predicted molar refractivity (Wildman–Crippen MR) is 115 cm³/mol. The van der Waals surface area contributed by atoms with E-state index in [1.165, 1.54) is 27.8 Å². The summed E-state index contributed by atoms with van der Waals surface area (Å²) in [5.74, 6) is 0.100. The first-order valence-electron chi connectivity index (χ1n) is 9.06. The minimum Gasteiger partial charge on any atom is -0.494 e. The Morgan fingerprint density at radius 1 is 1.27 bits per heavy atom. The van der Waals surface area contributed by atoms with E-state index in [-0.39, 0.29) is 17.6 Å². The van der Waals surface area contributed by atoms with Gasteiger partial charge in [-0.3, -0.25) is 4.79 Å². The Labute approximate surface area is 181 Å². The summed E-state index contributed by atoms with van der Waals surface area (Å²) in [6.45, 7) is 5.81. The molecule has 0 spiro atoms. The van der Waals surface area contributed by atoms with E-state index in [2.05, 4.69) is 20.8 Å². The van der Waals surface area contributed by atoms with Crippen molar-refractivity contribution in [3.63, 3.8) is 0 Å². The molecule has 30 heavy (non-hydrogen) atoms. The Bertz CT molecular complexity index is 1060. The van der Waals surface area contributed by atoms with Crippen LogP contribution in [0.5, 0.6) is 5.75 Å². The number of aryl methyl sites for hydroxylation is 2. The van der Waals surface area contributed by atoms with Crippen LogP contribution in [-0.4, -0.2) is 51.6 Å². The van der Waals surface area contributed by atoms with Gasteiger partial charge in [0.15, 0.2) is 0 Å². The summed E-state index contributed by atoms with van der Waals surface area (Å²) in [6, 6.07) is 7.43. The van der Waals surface area contributed by atoms with Crippen LogP contribution in [0.1, 0.15) is 27.7 Å². The first-order chi connectivity index (χ1) is 14.4. The number of esters is 1. The Morgan fingerprint density at radius 3 is 2.80 bits per heavy atom. The van der Waals surface area contributed by atoms with Gasteiger partial charge in [0.1, 0.15) is 16.3 Å². The number of thioether (sulfide) groups is 1. The van der Waals surface area contributed by atoms with E-state index in [4.69, 9.17) is 9.47 Å². The highest BCUT2D eigenvalue weighted by Gasteiger charge is 2.18. The fourth-order valence-corrected chi connectivity index (χ4v) is 4.30. The number of thiophene rings is 1. The van der Waals surface area contributed by atoms with Crippen LogP contribution in [-0.2, 0) is 9.53 Å². The van der Waals surface area contributed by atoms with E-state index in [1.54, 1.807) is 27.0 Å². The number of aromatic nitrogens is 4. The standard InChI is InChI=1S/C19H21N5O4S2/c1-5-28-18(26)17-12(3)9-16(30-17)20-15(25)10-29-19-21-22-23-24(19)13-8-11(2)6-7-14(13)27-4/h6-9H,5,10H2,1-4H3,(H,20,25). The topological polar surface area (TPSA) is 108 Å². The number of benzene rings is 1. The maximum absolute atomic E-state index is 12.4. The van der Waals surface area contributed by atoms with Crippen LogP contribution in [0.15, 0.2) is 29.4 Å². The van der Waals surface area contributed by atoms with Gasteiger partial charge in [0.05, 0.1) is 24.5 Å². The lowest BCUT2D eigenvalue weighted by atomic mass is 10.2. The molecule has 9 nitrogen and oxygen atoms in total. The molecule has 158 valence electrons. The van der Waals surface area contributed by atoms with Crippen molar-refractivity contribution in [1.82, 2.24) is 20.2 Å². The van der Waals surface area contributed by atoms with Crippen molar-refractivity contribution in [2.75, 3.05) is 24.8 Å². The molecule has 1 N–H and O–H groups in total. The fourth-order valence-electron chi connectivity index (χ4n) is 2.63. The molecule has 1 aromatic carbocycles. The van der Waals surface area contributed by atoms with Crippen molar-refractivity contribution < 1.29 is 19.1 Å². The summed E-state index contributed by atoms with van der Waals surface area (Å²) in [5.41, 5.74) is 2.48. The van der Waals surface area contributed by atoms with Crippen LogP contribution in [0, 0.1) is 13.8 Å². The molecule has 0 saturated carbocycles. The van der Waals surface area contributed by atoms with E-state index in [1.807, 2.05) is 25.1 Å². The maximum atomic E-state index is 12.4. The van der Waals surface area contributed by atoms with Gasteiger partial charge in [-0.05, 0) is 60.5 Å². The molecule has 11 heteroatoms. The zero-order valence-corrected chi connectivity index (χ0v) is 18.6. The minimum absolute atomic E-state index is 0.0974. The highest BCUT2D eigenvalue weighted by atomic mass is 32.2. The van der Waals surface area contributed by atoms with Gasteiger partial charge >= 0.3 is 5.97 Å². The number of amides is 1. The fraction of sp³-hybridized carbons (Fsp3) is 0.316. The molecule has 3 rings (SSSR count). The molecule has 0 saturated heterocycles. The molecule has 0 aliphatic carbocycles. The van der Waals surface area contributed by atoms with Gasteiger partial charge in [0.2, 0.25) is 11.1 Å². The number of ether oxygens (including phenoxy) is 2. The molecule has 0 bridgehead atoms. The molecule has 2 aromatic heterocycles. The monoisotopic (exact) mass is 447 g/mol. The van der Waals surface area contributed by atoms with Gasteiger partial charge in [0, 0.05) is 0 Å². The largest absolute Gasteiger partial charge is 0.494 e. The molecule has 3 aromatic rings. The van der Waals surface area contributed by atoms with Crippen molar-refractivity contribution in [2.24, 2.45) is 0 Å². The molecule has 0 aliphatic rings. The zero-order valence-electron chi connectivity index (χ0n) is 17.0. The van der Waals surface area contributed by atoms with Crippen LogP contribution in [0.25, 0.3) is 5.69 Å². The van der Waals surface area contributed by atoms with E-state index in [0.29, 0.717) is 33.1 Å². The van der Waals surface area contributed by atoms with Gasteiger partial charge in [0.25, 0.3) is 0 Å². The first kappa shape index (κ1) is 21.8. The first-order valence-corrected chi connectivity index (χ1v) is 10.9. The Hall–Kier alpha value is -2.92. The second kappa shape index (κ2) is 9.72. The molecule has 0 aliphatic heterocycles. The van der Waals surface area contributed by atoms with Gasteiger partial charge < -0.3 is 14.8 Å². The van der Waals surface area contributed by atoms with Gasteiger partial charge in [-0.25, -0.2) is 4.79 Å². The molecule has 0 atom stereocenters. The number of anilines is 1. The number of rotatable bonds is 8. The lowest BCUT2D eigenvalue weighted by Crippen LogP contribution is -2.14. The lowest BCUT2D eigenvalue weighted by Gasteiger charge is -2.10. The van der Waals surface area contributed by atoms with Crippen LogP contribution >= 0.6 is 23.1 Å². The van der Waals surface area contributed by atoms with E-state index in [9.17, 15) is 9.59 Å². The second-order valence-corrected chi connectivity index (χ2v) is 8.22. The summed E-state index contributed by atoms with van der Waals surface area (Å²) >= 11 is 2.39. The third kappa shape index (κ3) is 4.97. The third-order valence-electron chi connectivity index (χ3n) is 3.98. The molecule has 1 amide bonds. The maximum Gasteiger partial charge on any atom is 0.348 e. The van der Waals surface area contributed by atoms with E-state index >= 15 is 0 Å². The summed E-state index contributed by atoms with van der Waals surface area (Å²) < 4.78 is 12.0. The number of carbonyl (C=O) groups is 2. The van der Waals surface area contributed by atoms with Crippen molar-refractivity contribution in [1.29, 1.82) is 0 Å². The quantitative estimate of drug-likeness (QED) is 0.414. The highest BCUT2D eigenvalue weighted by molar-refractivity contribution is 7.99. The Balaban J connectivity index is 1.67. The number of hydrogen-bond acceptors (Lipinski definition) is 9. The molecule has 2 heterocycles. The average molecular weight is 448 g/mol. The summed E-state index contributed by atoms with van der Waals surface area (Å²) in [5, 5.41) is 15.6. The molecule has 0 unspecified atom stereocenters. The minimum atomic E-state index is -0.388. The van der Waals surface area contributed by atoms with Gasteiger partial charge in [-0.2, -0.15) is 4.68 Å². The SMILES string of the molecule is CCOC(=O)c1sc(NC(=O)CSc2nnnn2-c2cc(C)ccc2OC)cc1C. The van der Waals surface area contributed by atoms with E-state index < -0.39 is 0 Å². The van der Waals surface area contributed by atoms with Crippen molar-refractivity contribution >= 4 is 40.0 Å². The Morgan fingerprint density at radius 2 is 2.07 bits per heavy atom. The molecule has 0 fully saturated rings. The van der Waals surface area contributed by atoms with Gasteiger partial charge in [-0.1, -0.05) is 17.8 Å². The number of methoxy groups -OCH3 is 1. The molecule has 0 radical (unpaired) electrons. The average Bonchev–Trinajstić information content (AvgIpc) is 3.32. The van der Waals surface area contributed by atoms with Crippen LogP contribution in [0.2, 0.25) is 0 Å². The lowest BCUT2D eigenvalue weighted by molar-refractivity contribution is -0.113. The number of nitrogens with one attached hydrogen (secondary N) is 1. The number of tetrazole rings is 1. The normalized spacial score (nSPS) is 10.7. The van der Waals surface area contributed by atoms with Crippen molar-refractivity contribution in [3.05, 3.63) is 40.3 Å². The van der Waals surface area contributed by atoms with Crippen LogP contribution < -0.4 is 10.1 Å². The number of nitrogens with zero attached hydrogens (tertiary/aromatic N) is 4. The summed E-state index contributed by atoms with van der Waals surface area (Å²) in [4.78, 5) is 24.8. The molecular formula is C19H21N5O4S2. The van der Waals surface area contributed by atoms with Crippen molar-refractivity contribution in [2.45, 2.75) is 25.9 Å². The molecular weight excluding hydrogens is 426 g/mol. The number of carbonyl (C=O) groups excluding carboxylic acids is 2. The van der Waals surface area contributed by atoms with Crippen LogP contribution in [0.3, 0.4) is 0 Å².